The second-order valence-corrected chi connectivity index (χ2v) is 6.69. The molecule has 0 aromatic heterocycles. The fourth-order valence-electron chi connectivity index (χ4n) is 2.98. The standard InChI is InChI=1S/C15H24O3/c1-10(2)13(16)18-14(3,4)9-11-6-7-15(5)12(8-11)17-15/h11-12H,1,6-9H2,2-5H3. The van der Waals surface area contributed by atoms with Crippen molar-refractivity contribution in [1.82, 2.24) is 0 Å². The predicted molar refractivity (Wildman–Crippen MR) is 70.2 cm³/mol. The molecule has 1 aliphatic carbocycles. The zero-order valence-corrected chi connectivity index (χ0v) is 11.9. The fourth-order valence-corrected chi connectivity index (χ4v) is 2.98. The molecule has 3 nitrogen and oxygen atoms in total. The highest BCUT2D eigenvalue weighted by Crippen LogP contribution is 2.50. The monoisotopic (exact) mass is 252 g/mol. The summed E-state index contributed by atoms with van der Waals surface area (Å²) >= 11 is 0. The van der Waals surface area contributed by atoms with E-state index < -0.39 is 5.60 Å². The highest BCUT2D eigenvalue weighted by Gasteiger charge is 2.55. The molecular weight excluding hydrogens is 228 g/mol. The van der Waals surface area contributed by atoms with Crippen molar-refractivity contribution in [3.63, 3.8) is 0 Å². The van der Waals surface area contributed by atoms with E-state index in [1.54, 1.807) is 6.92 Å². The van der Waals surface area contributed by atoms with Crippen LogP contribution in [0.3, 0.4) is 0 Å². The highest BCUT2D eigenvalue weighted by atomic mass is 16.6. The van der Waals surface area contributed by atoms with Crippen molar-refractivity contribution in [1.29, 1.82) is 0 Å². The van der Waals surface area contributed by atoms with Gasteiger partial charge in [0, 0.05) is 5.57 Å². The van der Waals surface area contributed by atoms with Crippen LogP contribution in [0.2, 0.25) is 0 Å². The Morgan fingerprint density at radius 3 is 2.78 bits per heavy atom. The second-order valence-electron chi connectivity index (χ2n) is 6.69. The van der Waals surface area contributed by atoms with Gasteiger partial charge in [-0.3, -0.25) is 0 Å². The molecule has 2 rings (SSSR count). The number of carbonyl (C=O) groups excluding carboxylic acids is 1. The van der Waals surface area contributed by atoms with Crippen LogP contribution in [0.5, 0.6) is 0 Å². The van der Waals surface area contributed by atoms with E-state index in [0.717, 1.165) is 19.3 Å². The largest absolute Gasteiger partial charge is 0.456 e. The van der Waals surface area contributed by atoms with Gasteiger partial charge in [-0.25, -0.2) is 4.79 Å². The van der Waals surface area contributed by atoms with Crippen molar-refractivity contribution < 1.29 is 14.3 Å². The summed E-state index contributed by atoms with van der Waals surface area (Å²) in [4.78, 5) is 11.6. The second kappa shape index (κ2) is 4.37. The third-order valence-electron chi connectivity index (χ3n) is 4.13. The Morgan fingerprint density at radius 1 is 1.56 bits per heavy atom. The maximum absolute atomic E-state index is 11.6. The lowest BCUT2D eigenvalue weighted by molar-refractivity contribution is -0.153. The Bertz CT molecular complexity index is 372. The molecule has 1 aliphatic heterocycles. The molecule has 0 N–H and O–H groups in total. The molecule has 3 heteroatoms. The number of ether oxygens (including phenoxy) is 2. The number of hydrogen-bond acceptors (Lipinski definition) is 3. The molecule has 1 saturated heterocycles. The Hall–Kier alpha value is -0.830. The lowest BCUT2D eigenvalue weighted by atomic mass is 9.78. The van der Waals surface area contributed by atoms with E-state index in [1.165, 1.54) is 6.42 Å². The molecule has 0 aromatic carbocycles. The van der Waals surface area contributed by atoms with Crippen molar-refractivity contribution in [3.05, 3.63) is 12.2 Å². The van der Waals surface area contributed by atoms with Crippen LogP contribution < -0.4 is 0 Å². The SMILES string of the molecule is C=C(C)C(=O)OC(C)(C)CC1CCC2(C)OC2C1. The Kier molecular flexibility index (Phi) is 3.30. The third-order valence-corrected chi connectivity index (χ3v) is 4.13. The van der Waals surface area contributed by atoms with Gasteiger partial charge in [0.05, 0.1) is 11.7 Å². The summed E-state index contributed by atoms with van der Waals surface area (Å²) in [6, 6.07) is 0. The Labute approximate surface area is 110 Å². The molecule has 0 radical (unpaired) electrons. The molecule has 2 fully saturated rings. The first-order valence-corrected chi connectivity index (χ1v) is 6.78. The van der Waals surface area contributed by atoms with E-state index >= 15 is 0 Å². The molecular formula is C15H24O3. The normalized spacial score (nSPS) is 34.7. The molecule has 0 spiro atoms. The number of epoxide rings is 1. The van der Waals surface area contributed by atoms with Gasteiger partial charge in [0.2, 0.25) is 0 Å². The van der Waals surface area contributed by atoms with Gasteiger partial charge in [0.1, 0.15) is 5.60 Å². The molecule has 0 bridgehead atoms. The summed E-state index contributed by atoms with van der Waals surface area (Å²) in [6.45, 7) is 11.5. The van der Waals surface area contributed by atoms with E-state index in [-0.39, 0.29) is 11.6 Å². The number of hydrogen-bond donors (Lipinski definition) is 0. The minimum atomic E-state index is -0.413. The molecule has 3 unspecified atom stereocenters. The average Bonchev–Trinajstić information content (AvgIpc) is 2.87. The van der Waals surface area contributed by atoms with E-state index in [0.29, 0.717) is 17.6 Å². The summed E-state index contributed by atoms with van der Waals surface area (Å²) in [6.07, 6.45) is 4.74. The summed E-state index contributed by atoms with van der Waals surface area (Å²) < 4.78 is 11.2. The molecule has 102 valence electrons. The number of esters is 1. The van der Waals surface area contributed by atoms with E-state index in [2.05, 4.69) is 13.5 Å². The van der Waals surface area contributed by atoms with Gasteiger partial charge in [-0.2, -0.15) is 0 Å². The van der Waals surface area contributed by atoms with Crippen LogP contribution in [-0.4, -0.2) is 23.3 Å². The van der Waals surface area contributed by atoms with Crippen molar-refractivity contribution in [2.45, 2.75) is 70.7 Å². The van der Waals surface area contributed by atoms with Gasteiger partial charge in [-0.15, -0.1) is 0 Å². The average molecular weight is 252 g/mol. The first-order valence-electron chi connectivity index (χ1n) is 6.78. The van der Waals surface area contributed by atoms with Crippen LogP contribution in [0, 0.1) is 5.92 Å². The molecule has 3 atom stereocenters. The Balaban J connectivity index is 1.84. The minimum Gasteiger partial charge on any atom is -0.456 e. The van der Waals surface area contributed by atoms with Gasteiger partial charge in [-0.1, -0.05) is 6.58 Å². The summed E-state index contributed by atoms with van der Waals surface area (Å²) in [5, 5.41) is 0. The van der Waals surface area contributed by atoms with Crippen LogP contribution >= 0.6 is 0 Å². The van der Waals surface area contributed by atoms with Crippen LogP contribution in [0.15, 0.2) is 12.2 Å². The first-order chi connectivity index (χ1) is 8.22. The summed E-state index contributed by atoms with van der Waals surface area (Å²) in [5.41, 5.74) is 0.211. The van der Waals surface area contributed by atoms with Gasteiger partial charge in [0.15, 0.2) is 0 Å². The zero-order chi connectivity index (χ0) is 13.6. The maximum atomic E-state index is 11.6. The molecule has 0 amide bonds. The van der Waals surface area contributed by atoms with Crippen LogP contribution in [0.4, 0.5) is 0 Å². The number of rotatable bonds is 4. The van der Waals surface area contributed by atoms with E-state index in [9.17, 15) is 4.79 Å². The molecule has 2 aliphatic rings. The van der Waals surface area contributed by atoms with Crippen molar-refractivity contribution in [3.8, 4) is 0 Å². The lowest BCUT2D eigenvalue weighted by Crippen LogP contribution is -2.33. The van der Waals surface area contributed by atoms with Crippen LogP contribution in [0.25, 0.3) is 0 Å². The first kappa shape index (κ1) is 13.6. The quantitative estimate of drug-likeness (QED) is 0.438. The lowest BCUT2D eigenvalue weighted by Gasteiger charge is -2.31. The van der Waals surface area contributed by atoms with Crippen LogP contribution in [-0.2, 0) is 14.3 Å². The molecule has 1 saturated carbocycles. The molecule has 18 heavy (non-hydrogen) atoms. The predicted octanol–water partition coefficient (Wildman–Crippen LogP) is 3.23. The molecule has 1 heterocycles. The zero-order valence-electron chi connectivity index (χ0n) is 11.9. The third kappa shape index (κ3) is 2.94. The van der Waals surface area contributed by atoms with Gasteiger partial charge in [-0.05, 0) is 59.3 Å². The minimum absolute atomic E-state index is 0.162. The topological polar surface area (TPSA) is 38.8 Å². The van der Waals surface area contributed by atoms with Gasteiger partial charge in [0.25, 0.3) is 0 Å². The van der Waals surface area contributed by atoms with Gasteiger partial charge < -0.3 is 9.47 Å². The summed E-state index contributed by atoms with van der Waals surface area (Å²) in [5.74, 6) is 0.307. The number of fused-ring (bicyclic) bond motifs is 1. The van der Waals surface area contributed by atoms with Crippen molar-refractivity contribution in [2.75, 3.05) is 0 Å². The Morgan fingerprint density at radius 2 is 2.22 bits per heavy atom. The van der Waals surface area contributed by atoms with E-state index in [1.807, 2.05) is 13.8 Å². The maximum Gasteiger partial charge on any atom is 0.333 e. The van der Waals surface area contributed by atoms with Crippen molar-refractivity contribution >= 4 is 5.97 Å². The van der Waals surface area contributed by atoms with Gasteiger partial charge >= 0.3 is 5.97 Å². The summed E-state index contributed by atoms with van der Waals surface area (Å²) in [7, 11) is 0. The fraction of sp³-hybridized carbons (Fsp3) is 0.800. The highest BCUT2D eigenvalue weighted by molar-refractivity contribution is 5.87. The molecule has 0 aromatic rings. The van der Waals surface area contributed by atoms with Crippen LogP contribution in [0.1, 0.15) is 53.4 Å². The number of carbonyl (C=O) groups is 1. The van der Waals surface area contributed by atoms with Crippen molar-refractivity contribution in [2.24, 2.45) is 5.92 Å². The van der Waals surface area contributed by atoms with E-state index in [4.69, 9.17) is 9.47 Å². The smallest absolute Gasteiger partial charge is 0.333 e.